The number of ether oxygens (including phenoxy) is 1. The number of nitrogens with one attached hydrogen (secondary N) is 1. The third kappa shape index (κ3) is 4.59. The number of carbonyl (C=O) groups excluding carboxylic acids is 2. The van der Waals surface area contributed by atoms with Crippen molar-refractivity contribution in [3.8, 4) is 0 Å². The summed E-state index contributed by atoms with van der Waals surface area (Å²) in [5.41, 5.74) is 2.37. The second-order valence-electron chi connectivity index (χ2n) is 6.50. The van der Waals surface area contributed by atoms with Gasteiger partial charge in [-0.2, -0.15) is 0 Å². The van der Waals surface area contributed by atoms with E-state index in [0.717, 1.165) is 32.4 Å². The minimum absolute atomic E-state index is 0.00153. The summed E-state index contributed by atoms with van der Waals surface area (Å²) in [6, 6.07) is 11.0. The first-order chi connectivity index (χ1) is 12.7. The number of pyridine rings is 1. The van der Waals surface area contributed by atoms with Crippen LogP contribution in [0.15, 0.2) is 48.8 Å². The minimum atomic E-state index is -0.550. The SMILES string of the molecule is COC(=O)Nc1cccc(C(=O)N2CCC(Cc3cccnc3)CC2)c1. The van der Waals surface area contributed by atoms with E-state index in [2.05, 4.69) is 21.1 Å². The van der Waals surface area contributed by atoms with Gasteiger partial charge < -0.3 is 9.64 Å². The lowest BCUT2D eigenvalue weighted by atomic mass is 9.90. The van der Waals surface area contributed by atoms with Crippen LogP contribution in [0.25, 0.3) is 0 Å². The molecule has 0 aliphatic carbocycles. The Morgan fingerprint density at radius 2 is 2.04 bits per heavy atom. The first-order valence-corrected chi connectivity index (χ1v) is 8.79. The molecule has 0 atom stereocenters. The van der Waals surface area contributed by atoms with Crippen LogP contribution in [0.2, 0.25) is 0 Å². The summed E-state index contributed by atoms with van der Waals surface area (Å²) in [6.45, 7) is 1.50. The zero-order valence-corrected chi connectivity index (χ0v) is 14.9. The van der Waals surface area contributed by atoms with Gasteiger partial charge in [0.2, 0.25) is 0 Å². The lowest BCUT2D eigenvalue weighted by Gasteiger charge is -2.32. The van der Waals surface area contributed by atoms with Gasteiger partial charge in [-0.1, -0.05) is 12.1 Å². The molecule has 2 heterocycles. The van der Waals surface area contributed by atoms with Crippen LogP contribution < -0.4 is 5.32 Å². The zero-order chi connectivity index (χ0) is 18.4. The fourth-order valence-corrected chi connectivity index (χ4v) is 3.27. The maximum atomic E-state index is 12.7. The third-order valence-electron chi connectivity index (χ3n) is 4.69. The molecular formula is C20H23N3O3. The second kappa shape index (κ2) is 8.47. The molecule has 3 rings (SSSR count). The molecule has 1 aromatic heterocycles. The lowest BCUT2D eigenvalue weighted by molar-refractivity contribution is 0.0690. The van der Waals surface area contributed by atoms with Gasteiger partial charge in [0.15, 0.2) is 0 Å². The number of methoxy groups -OCH3 is 1. The molecule has 6 heteroatoms. The van der Waals surface area contributed by atoms with Crippen LogP contribution in [0.4, 0.5) is 10.5 Å². The van der Waals surface area contributed by atoms with Crippen LogP contribution in [0.3, 0.4) is 0 Å². The van der Waals surface area contributed by atoms with Crippen LogP contribution in [0.1, 0.15) is 28.8 Å². The van der Waals surface area contributed by atoms with Crippen molar-refractivity contribution in [3.05, 3.63) is 59.9 Å². The molecule has 0 bridgehead atoms. The van der Waals surface area contributed by atoms with Crippen LogP contribution >= 0.6 is 0 Å². The van der Waals surface area contributed by atoms with Crippen molar-refractivity contribution in [2.24, 2.45) is 5.92 Å². The van der Waals surface area contributed by atoms with E-state index in [0.29, 0.717) is 17.2 Å². The Bertz CT molecular complexity index is 756. The van der Waals surface area contributed by atoms with E-state index >= 15 is 0 Å². The highest BCUT2D eigenvalue weighted by atomic mass is 16.5. The first kappa shape index (κ1) is 17.9. The monoisotopic (exact) mass is 353 g/mol. The lowest BCUT2D eigenvalue weighted by Crippen LogP contribution is -2.38. The van der Waals surface area contributed by atoms with Gasteiger partial charge in [-0.3, -0.25) is 15.1 Å². The smallest absolute Gasteiger partial charge is 0.411 e. The van der Waals surface area contributed by atoms with E-state index in [1.54, 1.807) is 30.5 Å². The predicted octanol–water partition coefficient (Wildman–Crippen LogP) is 3.35. The number of nitrogens with zero attached hydrogens (tertiary/aromatic N) is 2. The Hall–Kier alpha value is -2.89. The van der Waals surface area contributed by atoms with E-state index < -0.39 is 6.09 Å². The zero-order valence-electron chi connectivity index (χ0n) is 14.9. The van der Waals surface area contributed by atoms with E-state index in [1.165, 1.54) is 12.7 Å². The predicted molar refractivity (Wildman–Crippen MR) is 99.0 cm³/mol. The molecule has 2 aromatic rings. The number of piperidine rings is 1. The Morgan fingerprint density at radius 1 is 1.23 bits per heavy atom. The minimum Gasteiger partial charge on any atom is -0.453 e. The Kier molecular flexibility index (Phi) is 5.84. The van der Waals surface area contributed by atoms with E-state index in [4.69, 9.17) is 0 Å². The molecular weight excluding hydrogens is 330 g/mol. The van der Waals surface area contributed by atoms with Crippen molar-refractivity contribution >= 4 is 17.7 Å². The van der Waals surface area contributed by atoms with Gasteiger partial charge in [0.25, 0.3) is 5.91 Å². The van der Waals surface area contributed by atoms with Gasteiger partial charge in [-0.15, -0.1) is 0 Å². The molecule has 0 saturated carbocycles. The van der Waals surface area contributed by atoms with Crippen molar-refractivity contribution in [2.45, 2.75) is 19.3 Å². The molecule has 26 heavy (non-hydrogen) atoms. The van der Waals surface area contributed by atoms with Gasteiger partial charge in [-0.05, 0) is 55.0 Å². The third-order valence-corrected chi connectivity index (χ3v) is 4.69. The Labute approximate surface area is 153 Å². The van der Waals surface area contributed by atoms with Crippen molar-refractivity contribution in [3.63, 3.8) is 0 Å². The summed E-state index contributed by atoms with van der Waals surface area (Å²) in [5, 5.41) is 2.59. The molecule has 0 spiro atoms. The normalized spacial score (nSPS) is 14.7. The molecule has 136 valence electrons. The number of carbonyl (C=O) groups is 2. The Morgan fingerprint density at radius 3 is 2.73 bits per heavy atom. The van der Waals surface area contributed by atoms with Crippen LogP contribution in [0.5, 0.6) is 0 Å². The van der Waals surface area contributed by atoms with E-state index in [1.807, 2.05) is 17.2 Å². The maximum Gasteiger partial charge on any atom is 0.411 e. The number of benzene rings is 1. The summed E-state index contributed by atoms with van der Waals surface area (Å²) in [5.74, 6) is 0.578. The number of amides is 2. The summed E-state index contributed by atoms with van der Waals surface area (Å²) in [7, 11) is 1.31. The molecule has 1 aromatic carbocycles. The summed E-state index contributed by atoms with van der Waals surface area (Å²) >= 11 is 0. The van der Waals surface area contributed by atoms with Gasteiger partial charge in [0.05, 0.1) is 7.11 Å². The highest BCUT2D eigenvalue weighted by Crippen LogP contribution is 2.23. The average Bonchev–Trinajstić information content (AvgIpc) is 2.69. The number of hydrogen-bond donors (Lipinski definition) is 1. The molecule has 1 aliphatic heterocycles. The molecule has 0 unspecified atom stereocenters. The number of hydrogen-bond acceptors (Lipinski definition) is 4. The summed E-state index contributed by atoms with van der Waals surface area (Å²) in [4.78, 5) is 30.1. The van der Waals surface area contributed by atoms with Crippen LogP contribution in [-0.2, 0) is 11.2 Å². The van der Waals surface area contributed by atoms with E-state index in [9.17, 15) is 9.59 Å². The van der Waals surface area contributed by atoms with Gasteiger partial charge in [-0.25, -0.2) is 4.79 Å². The molecule has 0 radical (unpaired) electrons. The van der Waals surface area contributed by atoms with E-state index in [-0.39, 0.29) is 5.91 Å². The topological polar surface area (TPSA) is 71.5 Å². The van der Waals surface area contributed by atoms with Crippen molar-refractivity contribution in [1.82, 2.24) is 9.88 Å². The first-order valence-electron chi connectivity index (χ1n) is 8.79. The molecule has 1 saturated heterocycles. The molecule has 6 nitrogen and oxygen atoms in total. The number of likely N-dealkylation sites (tertiary alicyclic amines) is 1. The number of aromatic nitrogens is 1. The molecule has 2 amide bonds. The average molecular weight is 353 g/mol. The summed E-state index contributed by atoms with van der Waals surface area (Å²) < 4.78 is 4.58. The largest absolute Gasteiger partial charge is 0.453 e. The second-order valence-corrected chi connectivity index (χ2v) is 6.50. The van der Waals surface area contributed by atoms with Gasteiger partial charge >= 0.3 is 6.09 Å². The van der Waals surface area contributed by atoms with Crippen molar-refractivity contribution < 1.29 is 14.3 Å². The number of anilines is 1. The fraction of sp³-hybridized carbons (Fsp3) is 0.350. The standard InChI is InChI=1S/C20H23N3O3/c1-26-20(25)22-18-6-2-5-17(13-18)19(24)23-10-7-15(8-11-23)12-16-4-3-9-21-14-16/h2-6,9,13-15H,7-8,10-12H2,1H3,(H,22,25). The van der Waals surface area contributed by atoms with Crippen LogP contribution in [0, 0.1) is 5.92 Å². The molecule has 1 fully saturated rings. The number of rotatable bonds is 4. The fourth-order valence-electron chi connectivity index (χ4n) is 3.27. The van der Waals surface area contributed by atoms with Crippen molar-refractivity contribution in [2.75, 3.05) is 25.5 Å². The maximum absolute atomic E-state index is 12.7. The van der Waals surface area contributed by atoms with Gasteiger partial charge in [0.1, 0.15) is 0 Å². The highest BCUT2D eigenvalue weighted by molar-refractivity contribution is 5.96. The summed E-state index contributed by atoms with van der Waals surface area (Å²) in [6.07, 6.45) is 6.13. The van der Waals surface area contributed by atoms with Crippen molar-refractivity contribution in [1.29, 1.82) is 0 Å². The molecule has 1 aliphatic rings. The van der Waals surface area contributed by atoms with Gasteiger partial charge in [0, 0.05) is 36.7 Å². The Balaban J connectivity index is 1.56. The highest BCUT2D eigenvalue weighted by Gasteiger charge is 2.24. The van der Waals surface area contributed by atoms with Crippen LogP contribution in [-0.4, -0.2) is 42.1 Å². The quantitative estimate of drug-likeness (QED) is 0.915. The molecule has 1 N–H and O–H groups in total.